The van der Waals surface area contributed by atoms with Crippen LogP contribution in [0.2, 0.25) is 0 Å². The first-order valence-corrected chi connectivity index (χ1v) is 48.0. The number of rotatable bonds is 0. The molecule has 6 aromatic heterocycles. The Labute approximate surface area is 758 Å². The molecule has 3 nitrogen and oxygen atoms in total. The van der Waals surface area contributed by atoms with Crippen LogP contribution in [0, 0.1) is 0 Å². The lowest BCUT2D eigenvalue weighted by Gasteiger charge is -2.05. The van der Waals surface area contributed by atoms with Gasteiger partial charge in [0.25, 0.3) is 0 Å². The molecule has 0 atom stereocenters. The first-order valence-electron chi connectivity index (χ1n) is 48.0. The van der Waals surface area contributed by atoms with Gasteiger partial charge in [-0.2, -0.15) is 0 Å². The second kappa shape index (κ2) is 48.8. The van der Waals surface area contributed by atoms with Gasteiger partial charge in [0, 0.05) is 97.0 Å². The van der Waals surface area contributed by atoms with E-state index in [1.54, 1.807) is 0 Å². The Kier molecular flexibility index (Phi) is 37.5. The van der Waals surface area contributed by atoms with Crippen LogP contribution in [0.25, 0.3) is 202 Å². The summed E-state index contributed by atoms with van der Waals surface area (Å²) in [4.78, 5) is 0. The van der Waals surface area contributed by atoms with Crippen molar-refractivity contribution in [3.8, 4) is 0 Å². The van der Waals surface area contributed by atoms with Crippen LogP contribution in [0.15, 0.2) is 358 Å². The molecule has 0 saturated heterocycles. The van der Waals surface area contributed by atoms with E-state index in [1.807, 2.05) is 166 Å². The van der Waals surface area contributed by atoms with Crippen LogP contribution in [0.3, 0.4) is 0 Å². The van der Waals surface area contributed by atoms with E-state index in [0.29, 0.717) is 0 Å². The minimum Gasteiger partial charge on any atom is -0.307 e. The highest BCUT2D eigenvalue weighted by Crippen LogP contribution is 2.47. The van der Waals surface area contributed by atoms with Crippen LogP contribution in [-0.2, 0) is 0 Å². The van der Waals surface area contributed by atoms with Crippen LogP contribution < -0.4 is 0 Å². The Morgan fingerprint density at radius 3 is 0.472 bits per heavy atom. The largest absolute Gasteiger partial charge is 0.307 e. The zero-order valence-electron chi connectivity index (χ0n) is 80.5. The van der Waals surface area contributed by atoms with Crippen molar-refractivity contribution in [1.82, 2.24) is 13.2 Å². The number of benzene rings is 17. The summed E-state index contributed by atoms with van der Waals surface area (Å²) in [5.41, 5.74) is 14.7. The fourth-order valence-electron chi connectivity index (χ4n) is 17.6. The van der Waals surface area contributed by atoms with Gasteiger partial charge in [0.1, 0.15) is 0 Å². The van der Waals surface area contributed by atoms with Crippen LogP contribution >= 0.6 is 0 Å². The Morgan fingerprint density at radius 2 is 0.291 bits per heavy atom. The van der Waals surface area contributed by atoms with E-state index in [-0.39, 0.29) is 0 Å². The zero-order chi connectivity index (χ0) is 91.6. The third-order valence-corrected chi connectivity index (χ3v) is 22.0. The molecule has 3 aliphatic carbocycles. The number of aromatic nitrogens is 3. The minimum absolute atomic E-state index is 1.14. The summed E-state index contributed by atoms with van der Waals surface area (Å²) in [5, 5.41) is 34.5. The first-order chi connectivity index (χ1) is 63.2. The summed E-state index contributed by atoms with van der Waals surface area (Å²) in [6.45, 7) is 48.0. The molecule has 0 radical (unpaired) electrons. The van der Waals surface area contributed by atoms with Gasteiger partial charge >= 0.3 is 0 Å². The van der Waals surface area contributed by atoms with Crippen LogP contribution in [0.1, 0.15) is 190 Å². The van der Waals surface area contributed by atoms with Gasteiger partial charge in [0.15, 0.2) is 0 Å². The second-order valence-electron chi connectivity index (χ2n) is 27.5. The third-order valence-electron chi connectivity index (χ3n) is 22.0. The summed E-state index contributed by atoms with van der Waals surface area (Å²) >= 11 is 0. The van der Waals surface area contributed by atoms with Crippen molar-refractivity contribution >= 4 is 202 Å². The zero-order valence-corrected chi connectivity index (χ0v) is 80.5. The van der Waals surface area contributed by atoms with Gasteiger partial charge in [-0.1, -0.05) is 536 Å². The number of nitrogens with zero attached hydrogens (tertiary/aromatic N) is 3. The van der Waals surface area contributed by atoms with Crippen LogP contribution in [-0.4, -0.2) is 13.2 Å². The molecule has 0 N–H and O–H groups in total. The summed E-state index contributed by atoms with van der Waals surface area (Å²) in [5.74, 6) is 0. The number of para-hydroxylation sites is 3. The molecule has 3 heteroatoms. The highest BCUT2D eigenvalue weighted by molar-refractivity contribution is 6.33. The molecular weight excluding hydrogens is 1530 g/mol. The van der Waals surface area contributed by atoms with Crippen molar-refractivity contribution in [3.63, 3.8) is 0 Å². The molecule has 0 saturated carbocycles. The Balaban J connectivity index is 0.000000174. The summed E-state index contributed by atoms with van der Waals surface area (Å²) in [6, 6.07) is 113. The van der Waals surface area contributed by atoms with E-state index in [2.05, 4.69) is 383 Å². The predicted octanol–water partition coefficient (Wildman–Crippen LogP) is 40.1. The molecule has 3 aliphatic rings. The molecule has 0 amide bonds. The second-order valence-corrected chi connectivity index (χ2v) is 27.5. The molecule has 127 heavy (non-hydrogen) atoms. The van der Waals surface area contributed by atoms with Crippen molar-refractivity contribution in [3.05, 3.63) is 369 Å². The molecule has 648 valence electrons. The molecule has 23 aromatic rings. The summed E-state index contributed by atoms with van der Waals surface area (Å²) in [6.07, 6.45) is 23.4. The fraction of sp³-hybridized carbons (Fsp3) is 0.210. The standard InChI is InChI=1S/3C26H15N.C12H8.2C5H6.12C2H6/c3*1-3-8-18-16(6-1)12-14-22-20-10-5-11-21-23-15-13-17-7-2-4-9-19(17)25(23)27(24(18)22)26(20)21;1-3-9-4-2-6-11-8-7-10(5-1)12(9)11;2*1-2-4-5-3-1;12*1-2/h3*1-15H;1-8H;2*1-4H,5H2;12*1-2H3. The fourth-order valence-corrected chi connectivity index (χ4v) is 17.6. The Bertz CT molecular complexity index is 6500. The van der Waals surface area contributed by atoms with Gasteiger partial charge in [0.05, 0.1) is 49.7 Å². The smallest absolute Gasteiger partial charge is 0.0621 e. The van der Waals surface area contributed by atoms with Crippen molar-refractivity contribution in [2.75, 3.05) is 0 Å². The number of allylic oxidation sites excluding steroid dienone is 8. The topological polar surface area (TPSA) is 13.2 Å². The number of hydrogen-bond acceptors (Lipinski definition) is 0. The quantitative estimate of drug-likeness (QED) is 0.144. The van der Waals surface area contributed by atoms with E-state index in [0.717, 1.165) is 12.8 Å². The molecule has 6 heterocycles. The molecule has 0 fully saturated rings. The van der Waals surface area contributed by atoms with Crippen LogP contribution in [0.5, 0.6) is 0 Å². The van der Waals surface area contributed by atoms with Gasteiger partial charge < -0.3 is 13.2 Å². The lowest BCUT2D eigenvalue weighted by atomic mass is 10.0. The minimum atomic E-state index is 1.14. The average molecular weight is 1670 g/mol. The van der Waals surface area contributed by atoms with Crippen LogP contribution in [0.4, 0.5) is 0 Å². The molecule has 0 bridgehead atoms. The van der Waals surface area contributed by atoms with Gasteiger partial charge in [0.2, 0.25) is 0 Å². The normalized spacial score (nSPS) is 11.1. The maximum Gasteiger partial charge on any atom is 0.0621 e. The summed E-state index contributed by atoms with van der Waals surface area (Å²) < 4.78 is 7.54. The molecule has 0 aliphatic heterocycles. The summed E-state index contributed by atoms with van der Waals surface area (Å²) in [7, 11) is 0. The molecule has 0 spiro atoms. The number of fused-ring (bicyclic) bond motifs is 30. The van der Waals surface area contributed by atoms with E-state index in [1.165, 1.54) is 201 Å². The van der Waals surface area contributed by atoms with Crippen molar-refractivity contribution in [1.29, 1.82) is 0 Å². The van der Waals surface area contributed by atoms with E-state index in [9.17, 15) is 0 Å². The average Bonchev–Trinajstić information content (AvgIpc) is 1.54. The highest BCUT2D eigenvalue weighted by Gasteiger charge is 2.24. The van der Waals surface area contributed by atoms with E-state index in [4.69, 9.17) is 0 Å². The molecule has 17 aromatic carbocycles. The lowest BCUT2D eigenvalue weighted by molar-refractivity contribution is 1.39. The third kappa shape index (κ3) is 18.7. The maximum absolute atomic E-state index is 2.51. The van der Waals surface area contributed by atoms with Gasteiger partial charge in [-0.3, -0.25) is 0 Å². The van der Waals surface area contributed by atoms with Gasteiger partial charge in [-0.05, 0) is 67.1 Å². The lowest BCUT2D eigenvalue weighted by Crippen LogP contribution is -1.84. The van der Waals surface area contributed by atoms with Crippen molar-refractivity contribution in [2.24, 2.45) is 0 Å². The molecule has 26 rings (SSSR count). The molecule has 0 unspecified atom stereocenters. The van der Waals surface area contributed by atoms with Gasteiger partial charge in [-0.25, -0.2) is 0 Å². The first kappa shape index (κ1) is 97.5. The van der Waals surface area contributed by atoms with E-state index >= 15 is 0 Å². The predicted molar refractivity (Wildman–Crippen MR) is 583 cm³/mol. The maximum atomic E-state index is 2.51. The Morgan fingerprint density at radius 1 is 0.142 bits per heavy atom. The highest BCUT2D eigenvalue weighted by atomic mass is 14.9. The Hall–Kier alpha value is -13.3. The van der Waals surface area contributed by atoms with Gasteiger partial charge in [-0.15, -0.1) is 0 Å². The number of hydrogen-bond donors (Lipinski definition) is 0. The monoisotopic (exact) mass is 1670 g/mol. The van der Waals surface area contributed by atoms with Crippen molar-refractivity contribution in [2.45, 2.75) is 179 Å². The molecular formula is C124H137N3. The SMILES string of the molecule is C1=CCC=C1.C1=CCC=C1.C1=Cc2cccc3cccc1c23.CC.CC.CC.CC.CC.CC.CC.CC.CC.CC.CC.CC.c1ccc2c(c1)ccc1c3cccc4c5ccc6ccccc6c5n(c21)c34.c1ccc2c(c1)ccc1c3cccc4c5ccc6ccccc6c5n(c21)c34.c1ccc2c(c1)ccc1c3cccc4c5ccc6ccccc6c5n(c21)c34. The van der Waals surface area contributed by atoms with Crippen molar-refractivity contribution < 1.29 is 0 Å². The van der Waals surface area contributed by atoms with E-state index < -0.39 is 0 Å².